The number of hydrogen-bond donors (Lipinski definition) is 1. The zero-order valence-electron chi connectivity index (χ0n) is 8.66. The van der Waals surface area contributed by atoms with Crippen LogP contribution in [0.4, 0.5) is 0 Å². The zero-order chi connectivity index (χ0) is 12.4. The van der Waals surface area contributed by atoms with Crippen molar-refractivity contribution in [1.82, 2.24) is 0 Å². The van der Waals surface area contributed by atoms with Crippen molar-refractivity contribution in [3.63, 3.8) is 0 Å². The molecule has 1 unspecified atom stereocenters. The van der Waals surface area contributed by atoms with Crippen LogP contribution in [0.3, 0.4) is 0 Å². The van der Waals surface area contributed by atoms with Crippen molar-refractivity contribution in [3.05, 3.63) is 54.6 Å². The summed E-state index contributed by atoms with van der Waals surface area (Å²) < 4.78 is 1.01. The fourth-order valence-electron chi connectivity index (χ4n) is 1.51. The van der Waals surface area contributed by atoms with Gasteiger partial charge in [0.1, 0.15) is 0 Å². The molecule has 0 amide bonds. The molecule has 0 fully saturated rings. The van der Waals surface area contributed by atoms with Gasteiger partial charge in [-0.05, 0) is 50.6 Å². The Hall–Kier alpha value is -0.0600. The number of thiophene rings is 1. The molecule has 17 heavy (non-hydrogen) atoms. The van der Waals surface area contributed by atoms with E-state index in [2.05, 4.69) is 15.9 Å². The lowest BCUT2D eigenvalue weighted by Crippen LogP contribution is -2.00. The van der Waals surface area contributed by atoms with Gasteiger partial charge in [0, 0.05) is 16.5 Å². The summed E-state index contributed by atoms with van der Waals surface area (Å²) in [6.07, 6.45) is -0.0599. The van der Waals surface area contributed by atoms with E-state index in [0.717, 1.165) is 14.9 Å². The minimum Gasteiger partial charge on any atom is -0.388 e. The Balaban J connectivity index is 2.15. The number of hydrogen-bond acceptors (Lipinski definition) is 2. The maximum atomic E-state index is 10.1. The van der Waals surface area contributed by atoms with Crippen LogP contribution in [0.2, 0.25) is 10.0 Å². The molecule has 1 atom stereocenters. The first-order valence-electron chi connectivity index (χ1n) is 4.92. The molecule has 1 heterocycles. The second-order valence-electron chi connectivity index (χ2n) is 3.64. The third kappa shape index (κ3) is 3.46. The van der Waals surface area contributed by atoms with Gasteiger partial charge < -0.3 is 5.11 Å². The molecular weight excluding hydrogens is 343 g/mol. The number of benzene rings is 1. The van der Waals surface area contributed by atoms with Crippen molar-refractivity contribution in [3.8, 4) is 0 Å². The van der Waals surface area contributed by atoms with Gasteiger partial charge in [0.05, 0.1) is 9.89 Å². The largest absolute Gasteiger partial charge is 0.388 e. The summed E-state index contributed by atoms with van der Waals surface area (Å²) >= 11 is 16.8. The monoisotopic (exact) mass is 350 g/mol. The summed E-state index contributed by atoms with van der Waals surface area (Å²) in [7, 11) is 0. The standard InChI is InChI=1S/C12H9BrCl2OS/c13-12-4-8(6-17-12)11(16)3-7-1-2-9(14)5-10(7)15/h1-2,4-6,11,16H,3H2. The zero-order valence-corrected chi connectivity index (χ0v) is 12.6. The average Bonchev–Trinajstić information content (AvgIpc) is 2.69. The van der Waals surface area contributed by atoms with Gasteiger partial charge in [-0.3, -0.25) is 0 Å². The second kappa shape index (κ2) is 5.72. The van der Waals surface area contributed by atoms with Crippen LogP contribution in [-0.4, -0.2) is 5.11 Å². The molecule has 0 aliphatic carbocycles. The molecule has 0 bridgehead atoms. The van der Waals surface area contributed by atoms with Crippen molar-refractivity contribution in [2.45, 2.75) is 12.5 Å². The third-order valence-electron chi connectivity index (χ3n) is 2.40. The minimum atomic E-state index is -0.545. The predicted molar refractivity (Wildman–Crippen MR) is 77.1 cm³/mol. The van der Waals surface area contributed by atoms with Gasteiger partial charge in [-0.15, -0.1) is 11.3 Å². The normalized spacial score (nSPS) is 12.7. The molecule has 90 valence electrons. The lowest BCUT2D eigenvalue weighted by atomic mass is 10.0. The highest BCUT2D eigenvalue weighted by Gasteiger charge is 2.12. The fourth-order valence-corrected chi connectivity index (χ4v) is 3.22. The summed E-state index contributed by atoms with van der Waals surface area (Å²) in [4.78, 5) is 0. The smallest absolute Gasteiger partial charge is 0.0839 e. The second-order valence-corrected chi connectivity index (χ2v) is 6.77. The molecule has 5 heteroatoms. The van der Waals surface area contributed by atoms with E-state index in [0.29, 0.717) is 16.5 Å². The van der Waals surface area contributed by atoms with Crippen LogP contribution >= 0.6 is 50.5 Å². The quantitative estimate of drug-likeness (QED) is 0.816. The highest BCUT2D eigenvalue weighted by atomic mass is 79.9. The molecule has 0 saturated heterocycles. The minimum absolute atomic E-state index is 0.485. The first kappa shape index (κ1) is 13.4. The van der Waals surface area contributed by atoms with Gasteiger partial charge in [-0.2, -0.15) is 0 Å². The van der Waals surface area contributed by atoms with E-state index in [-0.39, 0.29) is 0 Å². The van der Waals surface area contributed by atoms with Crippen LogP contribution in [0.5, 0.6) is 0 Å². The summed E-state index contributed by atoms with van der Waals surface area (Å²) in [5, 5.41) is 13.2. The molecule has 0 spiro atoms. The van der Waals surface area contributed by atoms with E-state index in [1.165, 1.54) is 0 Å². The van der Waals surface area contributed by atoms with E-state index in [9.17, 15) is 5.11 Å². The van der Waals surface area contributed by atoms with Crippen LogP contribution < -0.4 is 0 Å². The van der Waals surface area contributed by atoms with Gasteiger partial charge in [-0.25, -0.2) is 0 Å². The van der Waals surface area contributed by atoms with Gasteiger partial charge >= 0.3 is 0 Å². The van der Waals surface area contributed by atoms with E-state index in [1.807, 2.05) is 17.5 Å². The topological polar surface area (TPSA) is 20.2 Å². The van der Waals surface area contributed by atoms with Gasteiger partial charge in [0.2, 0.25) is 0 Å². The van der Waals surface area contributed by atoms with Crippen molar-refractivity contribution in [2.24, 2.45) is 0 Å². The lowest BCUT2D eigenvalue weighted by Gasteiger charge is -2.10. The van der Waals surface area contributed by atoms with Crippen LogP contribution in [-0.2, 0) is 6.42 Å². The maximum Gasteiger partial charge on any atom is 0.0839 e. The number of rotatable bonds is 3. The molecule has 1 N–H and O–H groups in total. The molecule has 2 aromatic rings. The molecule has 0 aliphatic rings. The van der Waals surface area contributed by atoms with Gasteiger partial charge in [-0.1, -0.05) is 29.3 Å². The number of halogens is 3. The number of aliphatic hydroxyl groups is 1. The van der Waals surface area contributed by atoms with E-state index in [4.69, 9.17) is 23.2 Å². The predicted octanol–water partition coefficient (Wildman–Crippen LogP) is 5.09. The highest BCUT2D eigenvalue weighted by Crippen LogP contribution is 2.29. The van der Waals surface area contributed by atoms with Gasteiger partial charge in [0.25, 0.3) is 0 Å². The Kier molecular flexibility index (Phi) is 4.50. The van der Waals surface area contributed by atoms with E-state index < -0.39 is 6.10 Å². The maximum absolute atomic E-state index is 10.1. The third-order valence-corrected chi connectivity index (χ3v) is 4.51. The Morgan fingerprint density at radius 1 is 1.29 bits per heavy atom. The Labute approximate surface area is 122 Å². The van der Waals surface area contributed by atoms with Crippen LogP contribution in [0.15, 0.2) is 33.4 Å². The fraction of sp³-hybridized carbons (Fsp3) is 0.167. The molecule has 1 aromatic carbocycles. The molecule has 0 saturated carbocycles. The summed E-state index contributed by atoms with van der Waals surface area (Å²) in [6.45, 7) is 0. The lowest BCUT2D eigenvalue weighted by molar-refractivity contribution is 0.179. The molecule has 0 aliphatic heterocycles. The Bertz CT molecular complexity index is 527. The first-order chi connectivity index (χ1) is 8.06. The Morgan fingerprint density at radius 3 is 2.65 bits per heavy atom. The first-order valence-corrected chi connectivity index (χ1v) is 7.35. The summed E-state index contributed by atoms with van der Waals surface area (Å²) in [5.41, 5.74) is 1.79. The van der Waals surface area contributed by atoms with Gasteiger partial charge in [0.15, 0.2) is 0 Å². The van der Waals surface area contributed by atoms with Crippen LogP contribution in [0.1, 0.15) is 17.2 Å². The van der Waals surface area contributed by atoms with E-state index in [1.54, 1.807) is 23.5 Å². The number of aliphatic hydroxyl groups excluding tert-OH is 1. The summed E-state index contributed by atoms with van der Waals surface area (Å²) in [5.74, 6) is 0. The SMILES string of the molecule is OC(Cc1ccc(Cl)cc1Cl)c1csc(Br)c1. The van der Waals surface area contributed by atoms with Crippen molar-refractivity contribution in [1.29, 1.82) is 0 Å². The molecule has 0 radical (unpaired) electrons. The molecule has 1 aromatic heterocycles. The van der Waals surface area contributed by atoms with Crippen molar-refractivity contribution >= 4 is 50.5 Å². The molecule has 2 rings (SSSR count). The van der Waals surface area contributed by atoms with Crippen LogP contribution in [0.25, 0.3) is 0 Å². The highest BCUT2D eigenvalue weighted by molar-refractivity contribution is 9.11. The molecule has 1 nitrogen and oxygen atoms in total. The van der Waals surface area contributed by atoms with Crippen LogP contribution in [0, 0.1) is 0 Å². The van der Waals surface area contributed by atoms with Crippen molar-refractivity contribution in [2.75, 3.05) is 0 Å². The summed E-state index contributed by atoms with van der Waals surface area (Å²) in [6, 6.07) is 7.22. The van der Waals surface area contributed by atoms with E-state index >= 15 is 0 Å². The average molecular weight is 352 g/mol. The van der Waals surface area contributed by atoms with Crippen molar-refractivity contribution < 1.29 is 5.11 Å². The Morgan fingerprint density at radius 2 is 2.06 bits per heavy atom. The molecular formula is C12H9BrCl2OS.